The third-order valence-electron chi connectivity index (χ3n) is 3.38. The van der Waals surface area contributed by atoms with E-state index in [1.165, 1.54) is 23.2 Å². The second-order valence-electron chi connectivity index (χ2n) is 5.03. The Bertz CT molecular complexity index is 785. The minimum absolute atomic E-state index is 0.153. The van der Waals surface area contributed by atoms with Crippen LogP contribution < -0.4 is 5.32 Å². The van der Waals surface area contributed by atoms with Crippen LogP contribution in [0.4, 0.5) is 4.39 Å². The zero-order chi connectivity index (χ0) is 16.1. The first-order valence-corrected chi connectivity index (χ1v) is 8.13. The van der Waals surface area contributed by atoms with Gasteiger partial charge in [0, 0.05) is 23.2 Å². The standard InChI is InChI=1S/C18H15FN2OS/c19-15-4-1-3-13(11-15)17-7-6-14(12-21-17)18(22)20-9-8-16-5-2-10-23-16/h1-7,10-12H,8-9H2,(H,20,22). The third-order valence-corrected chi connectivity index (χ3v) is 4.32. The Hall–Kier alpha value is -2.53. The molecule has 2 heterocycles. The van der Waals surface area contributed by atoms with Gasteiger partial charge >= 0.3 is 0 Å². The van der Waals surface area contributed by atoms with Gasteiger partial charge < -0.3 is 5.32 Å². The van der Waals surface area contributed by atoms with Crippen molar-refractivity contribution in [3.05, 3.63) is 76.4 Å². The molecule has 0 atom stereocenters. The molecule has 0 aliphatic rings. The van der Waals surface area contributed by atoms with Crippen molar-refractivity contribution in [2.24, 2.45) is 0 Å². The quantitative estimate of drug-likeness (QED) is 0.772. The van der Waals surface area contributed by atoms with Gasteiger partial charge in [0.2, 0.25) is 0 Å². The smallest absolute Gasteiger partial charge is 0.252 e. The fourth-order valence-electron chi connectivity index (χ4n) is 2.20. The lowest BCUT2D eigenvalue weighted by Crippen LogP contribution is -2.25. The summed E-state index contributed by atoms with van der Waals surface area (Å²) in [4.78, 5) is 17.6. The number of pyridine rings is 1. The second kappa shape index (κ2) is 7.15. The van der Waals surface area contributed by atoms with Gasteiger partial charge in [0.05, 0.1) is 11.3 Å². The number of hydrogen-bond donors (Lipinski definition) is 1. The van der Waals surface area contributed by atoms with E-state index in [4.69, 9.17) is 0 Å². The summed E-state index contributed by atoms with van der Waals surface area (Å²) in [5.41, 5.74) is 1.82. The van der Waals surface area contributed by atoms with Crippen LogP contribution in [0.3, 0.4) is 0 Å². The predicted octanol–water partition coefficient (Wildman–Crippen LogP) is 3.92. The molecule has 116 valence electrons. The van der Waals surface area contributed by atoms with Crippen molar-refractivity contribution in [1.29, 1.82) is 0 Å². The Labute approximate surface area is 137 Å². The summed E-state index contributed by atoms with van der Waals surface area (Å²) in [5.74, 6) is -0.459. The Balaban J connectivity index is 1.61. The van der Waals surface area contributed by atoms with Crippen LogP contribution in [0.1, 0.15) is 15.2 Å². The predicted molar refractivity (Wildman–Crippen MR) is 90.0 cm³/mol. The monoisotopic (exact) mass is 326 g/mol. The van der Waals surface area contributed by atoms with Crippen molar-refractivity contribution in [3.63, 3.8) is 0 Å². The average molecular weight is 326 g/mol. The number of carbonyl (C=O) groups is 1. The molecule has 0 bridgehead atoms. The summed E-state index contributed by atoms with van der Waals surface area (Å²) in [6, 6.07) is 13.7. The Morgan fingerprint density at radius 1 is 1.17 bits per heavy atom. The van der Waals surface area contributed by atoms with Crippen LogP contribution >= 0.6 is 11.3 Å². The summed E-state index contributed by atoms with van der Waals surface area (Å²) >= 11 is 1.68. The number of halogens is 1. The molecular weight excluding hydrogens is 311 g/mol. The lowest BCUT2D eigenvalue weighted by atomic mass is 10.1. The third kappa shape index (κ3) is 4.02. The molecule has 0 aliphatic heterocycles. The minimum Gasteiger partial charge on any atom is -0.352 e. The van der Waals surface area contributed by atoms with Gasteiger partial charge in [0.25, 0.3) is 5.91 Å². The van der Waals surface area contributed by atoms with E-state index in [2.05, 4.69) is 10.3 Å². The highest BCUT2D eigenvalue weighted by Gasteiger charge is 2.07. The van der Waals surface area contributed by atoms with Crippen LogP contribution in [-0.2, 0) is 6.42 Å². The van der Waals surface area contributed by atoms with Crippen molar-refractivity contribution in [2.45, 2.75) is 6.42 Å². The fraction of sp³-hybridized carbons (Fsp3) is 0.111. The first kappa shape index (κ1) is 15.4. The number of benzene rings is 1. The Morgan fingerprint density at radius 3 is 2.78 bits per heavy atom. The van der Waals surface area contributed by atoms with E-state index in [9.17, 15) is 9.18 Å². The highest BCUT2D eigenvalue weighted by atomic mass is 32.1. The molecule has 0 saturated carbocycles. The Kier molecular flexibility index (Phi) is 4.78. The van der Waals surface area contributed by atoms with Gasteiger partial charge in [-0.05, 0) is 42.1 Å². The molecule has 23 heavy (non-hydrogen) atoms. The molecule has 5 heteroatoms. The van der Waals surface area contributed by atoms with Crippen molar-refractivity contribution in [1.82, 2.24) is 10.3 Å². The number of rotatable bonds is 5. The molecule has 1 amide bonds. The molecule has 0 radical (unpaired) electrons. The lowest BCUT2D eigenvalue weighted by Gasteiger charge is -2.05. The number of nitrogens with one attached hydrogen (secondary N) is 1. The highest BCUT2D eigenvalue weighted by molar-refractivity contribution is 7.09. The fourth-order valence-corrected chi connectivity index (χ4v) is 2.91. The molecule has 0 spiro atoms. The molecule has 0 unspecified atom stereocenters. The SMILES string of the molecule is O=C(NCCc1cccs1)c1ccc(-c2cccc(F)c2)nc1. The minimum atomic E-state index is -0.306. The van der Waals surface area contributed by atoms with Gasteiger partial charge in [0.15, 0.2) is 0 Å². The second-order valence-corrected chi connectivity index (χ2v) is 6.06. The molecule has 2 aromatic heterocycles. The zero-order valence-electron chi connectivity index (χ0n) is 12.3. The van der Waals surface area contributed by atoms with Crippen molar-refractivity contribution in [3.8, 4) is 11.3 Å². The van der Waals surface area contributed by atoms with Crippen LogP contribution in [-0.4, -0.2) is 17.4 Å². The van der Waals surface area contributed by atoms with Gasteiger partial charge in [-0.3, -0.25) is 9.78 Å². The van der Waals surface area contributed by atoms with Gasteiger partial charge in [-0.15, -0.1) is 11.3 Å². The first-order chi connectivity index (χ1) is 11.2. The van der Waals surface area contributed by atoms with Crippen molar-refractivity contribution >= 4 is 17.2 Å². The zero-order valence-corrected chi connectivity index (χ0v) is 13.1. The summed E-state index contributed by atoms with van der Waals surface area (Å²) in [6.07, 6.45) is 2.33. The first-order valence-electron chi connectivity index (χ1n) is 7.25. The number of carbonyl (C=O) groups excluding carboxylic acids is 1. The Morgan fingerprint density at radius 2 is 2.09 bits per heavy atom. The molecule has 1 N–H and O–H groups in total. The van der Waals surface area contributed by atoms with E-state index in [1.54, 1.807) is 35.6 Å². The van der Waals surface area contributed by atoms with E-state index in [-0.39, 0.29) is 11.7 Å². The number of nitrogens with zero attached hydrogens (tertiary/aromatic N) is 1. The molecule has 0 fully saturated rings. The van der Waals surface area contributed by atoms with Crippen molar-refractivity contribution in [2.75, 3.05) is 6.54 Å². The van der Waals surface area contributed by atoms with Crippen LogP contribution in [0.5, 0.6) is 0 Å². The molecule has 0 saturated heterocycles. The van der Waals surface area contributed by atoms with Crippen molar-refractivity contribution < 1.29 is 9.18 Å². The number of hydrogen-bond acceptors (Lipinski definition) is 3. The summed E-state index contributed by atoms with van der Waals surface area (Å²) in [7, 11) is 0. The van der Waals surface area contributed by atoms with E-state index in [0.717, 1.165) is 6.42 Å². The van der Waals surface area contributed by atoms with E-state index < -0.39 is 0 Å². The number of amides is 1. The van der Waals surface area contributed by atoms with Gasteiger partial charge in [-0.1, -0.05) is 18.2 Å². The van der Waals surface area contributed by atoms with Crippen LogP contribution in [0, 0.1) is 5.82 Å². The van der Waals surface area contributed by atoms with Crippen LogP contribution in [0.25, 0.3) is 11.3 Å². The van der Waals surface area contributed by atoms with Crippen LogP contribution in [0.15, 0.2) is 60.1 Å². The molecule has 3 aromatic rings. The van der Waals surface area contributed by atoms with E-state index in [0.29, 0.717) is 23.4 Å². The van der Waals surface area contributed by atoms with Gasteiger partial charge in [-0.25, -0.2) is 4.39 Å². The molecule has 1 aromatic carbocycles. The summed E-state index contributed by atoms with van der Waals surface area (Å²) < 4.78 is 13.2. The largest absolute Gasteiger partial charge is 0.352 e. The maximum absolute atomic E-state index is 13.2. The maximum atomic E-state index is 13.2. The van der Waals surface area contributed by atoms with E-state index in [1.807, 2.05) is 17.5 Å². The lowest BCUT2D eigenvalue weighted by molar-refractivity contribution is 0.0954. The molecule has 0 aliphatic carbocycles. The molecular formula is C18H15FN2OS. The molecule has 3 nitrogen and oxygen atoms in total. The topological polar surface area (TPSA) is 42.0 Å². The average Bonchev–Trinajstić information content (AvgIpc) is 3.08. The van der Waals surface area contributed by atoms with Gasteiger partial charge in [-0.2, -0.15) is 0 Å². The maximum Gasteiger partial charge on any atom is 0.252 e. The number of thiophene rings is 1. The number of aromatic nitrogens is 1. The highest BCUT2D eigenvalue weighted by Crippen LogP contribution is 2.18. The normalized spacial score (nSPS) is 10.5. The van der Waals surface area contributed by atoms with Gasteiger partial charge in [0.1, 0.15) is 5.82 Å². The molecule has 3 rings (SSSR count). The van der Waals surface area contributed by atoms with Crippen LogP contribution in [0.2, 0.25) is 0 Å². The summed E-state index contributed by atoms with van der Waals surface area (Å²) in [6.45, 7) is 0.588. The van der Waals surface area contributed by atoms with E-state index >= 15 is 0 Å². The summed E-state index contributed by atoms with van der Waals surface area (Å²) in [5, 5.41) is 4.89.